The van der Waals surface area contributed by atoms with Gasteiger partial charge in [-0.3, -0.25) is 9.69 Å². The zero-order valence-electron chi connectivity index (χ0n) is 13.4. The van der Waals surface area contributed by atoms with Crippen LogP contribution in [0.5, 0.6) is 0 Å². The van der Waals surface area contributed by atoms with Crippen molar-refractivity contribution in [1.29, 1.82) is 0 Å². The second-order valence-electron chi connectivity index (χ2n) is 5.59. The second-order valence-corrected chi connectivity index (χ2v) is 6.69. The van der Waals surface area contributed by atoms with Gasteiger partial charge in [0.2, 0.25) is 0 Å². The van der Waals surface area contributed by atoms with Crippen LogP contribution in [0.15, 0.2) is 30.3 Å². The van der Waals surface area contributed by atoms with Crippen LogP contribution in [0.2, 0.25) is 0 Å². The fourth-order valence-electron chi connectivity index (χ4n) is 2.61. The lowest BCUT2D eigenvalue weighted by atomic mass is 10.2. The van der Waals surface area contributed by atoms with Gasteiger partial charge in [0, 0.05) is 37.7 Å². The van der Waals surface area contributed by atoms with Gasteiger partial charge in [-0.05, 0) is 18.5 Å². The fraction of sp³-hybridized carbons (Fsp3) is 0.588. The third-order valence-corrected chi connectivity index (χ3v) is 4.93. The molecular weight excluding hydrogens is 296 g/mol. The number of nitrogens with zero attached hydrogens (tertiary/aromatic N) is 2. The van der Waals surface area contributed by atoms with Crippen LogP contribution in [-0.2, 0) is 15.3 Å². The van der Waals surface area contributed by atoms with Crippen molar-refractivity contribution in [3.63, 3.8) is 0 Å². The molecule has 5 heteroatoms. The molecule has 0 aliphatic carbocycles. The van der Waals surface area contributed by atoms with Crippen molar-refractivity contribution in [2.75, 3.05) is 52.1 Å². The van der Waals surface area contributed by atoms with Crippen LogP contribution in [0.4, 0.5) is 0 Å². The average Bonchev–Trinajstić information content (AvgIpc) is 2.78. The fourth-order valence-corrected chi connectivity index (χ4v) is 3.57. The van der Waals surface area contributed by atoms with Gasteiger partial charge in [-0.25, -0.2) is 0 Å². The first-order chi connectivity index (χ1) is 10.8. The normalized spacial score (nSPS) is 17.1. The number of esters is 1. The van der Waals surface area contributed by atoms with E-state index in [-0.39, 0.29) is 5.97 Å². The monoisotopic (exact) mass is 322 g/mol. The first-order valence-electron chi connectivity index (χ1n) is 7.91. The largest absolute Gasteiger partial charge is 0.468 e. The first-order valence-corrected chi connectivity index (χ1v) is 9.06. The van der Waals surface area contributed by atoms with Crippen LogP contribution in [0.1, 0.15) is 12.0 Å². The topological polar surface area (TPSA) is 32.8 Å². The standard InChI is InChI=1S/C17H26N2O2S/c1-21-17(20)14-19-9-5-8-18(10-11-19)12-13-22-15-16-6-3-2-4-7-16/h2-4,6-7H,5,8-15H2,1H3. The van der Waals surface area contributed by atoms with Crippen molar-refractivity contribution >= 4 is 17.7 Å². The molecule has 1 saturated heterocycles. The second kappa shape index (κ2) is 9.87. The molecule has 0 spiro atoms. The van der Waals surface area contributed by atoms with Gasteiger partial charge in [0.25, 0.3) is 0 Å². The van der Waals surface area contributed by atoms with Crippen LogP contribution in [0.3, 0.4) is 0 Å². The predicted octanol–water partition coefficient (Wildman–Crippen LogP) is 2.10. The molecule has 0 N–H and O–H groups in total. The molecule has 0 radical (unpaired) electrons. The van der Waals surface area contributed by atoms with Crippen LogP contribution in [0, 0.1) is 0 Å². The van der Waals surface area contributed by atoms with E-state index < -0.39 is 0 Å². The summed E-state index contributed by atoms with van der Waals surface area (Å²) in [6.07, 6.45) is 1.13. The Hall–Kier alpha value is -1.04. The van der Waals surface area contributed by atoms with E-state index in [1.807, 2.05) is 11.8 Å². The number of thioether (sulfide) groups is 1. The molecule has 1 aromatic carbocycles. The van der Waals surface area contributed by atoms with Gasteiger partial charge in [0.05, 0.1) is 13.7 Å². The minimum atomic E-state index is -0.133. The van der Waals surface area contributed by atoms with Gasteiger partial charge >= 0.3 is 5.97 Å². The molecule has 22 heavy (non-hydrogen) atoms. The quantitative estimate of drug-likeness (QED) is 0.567. The number of methoxy groups -OCH3 is 1. The van der Waals surface area contributed by atoms with Crippen molar-refractivity contribution in [3.8, 4) is 0 Å². The highest BCUT2D eigenvalue weighted by atomic mass is 32.2. The zero-order valence-corrected chi connectivity index (χ0v) is 14.2. The molecule has 1 aliphatic heterocycles. The number of carbonyl (C=O) groups excluding carboxylic acids is 1. The summed E-state index contributed by atoms with van der Waals surface area (Å²) < 4.78 is 4.74. The van der Waals surface area contributed by atoms with Crippen molar-refractivity contribution in [2.45, 2.75) is 12.2 Å². The third-order valence-electron chi connectivity index (χ3n) is 3.92. The van der Waals surface area contributed by atoms with Gasteiger partial charge in [-0.15, -0.1) is 0 Å². The Bertz CT molecular complexity index is 442. The summed E-state index contributed by atoms with van der Waals surface area (Å²) in [6.45, 7) is 5.67. The lowest BCUT2D eigenvalue weighted by molar-refractivity contribution is -0.141. The summed E-state index contributed by atoms with van der Waals surface area (Å²) in [6, 6.07) is 10.6. The van der Waals surface area contributed by atoms with E-state index >= 15 is 0 Å². The first kappa shape index (κ1) is 17.3. The molecule has 0 unspecified atom stereocenters. The molecule has 1 aliphatic rings. The van der Waals surface area contributed by atoms with Gasteiger partial charge in [-0.2, -0.15) is 11.8 Å². The Kier molecular flexibility index (Phi) is 7.77. The lowest BCUT2D eigenvalue weighted by Crippen LogP contribution is -2.35. The van der Waals surface area contributed by atoms with E-state index in [0.29, 0.717) is 6.54 Å². The van der Waals surface area contributed by atoms with Gasteiger partial charge in [0.15, 0.2) is 0 Å². The molecule has 0 aromatic heterocycles. The van der Waals surface area contributed by atoms with E-state index in [4.69, 9.17) is 4.74 Å². The Balaban J connectivity index is 1.61. The maximum atomic E-state index is 11.3. The summed E-state index contributed by atoms with van der Waals surface area (Å²) in [5.74, 6) is 2.11. The molecule has 1 aromatic rings. The van der Waals surface area contributed by atoms with Crippen molar-refractivity contribution in [2.24, 2.45) is 0 Å². The third kappa shape index (κ3) is 6.38. The molecule has 0 atom stereocenters. The molecule has 2 rings (SSSR count). The Morgan fingerprint density at radius 2 is 1.86 bits per heavy atom. The summed E-state index contributed by atoms with van der Waals surface area (Å²) in [5.41, 5.74) is 1.40. The Morgan fingerprint density at radius 1 is 1.14 bits per heavy atom. The number of benzene rings is 1. The summed E-state index contributed by atoms with van der Waals surface area (Å²) in [5, 5.41) is 0. The maximum absolute atomic E-state index is 11.3. The van der Waals surface area contributed by atoms with Crippen LogP contribution in [0.25, 0.3) is 0 Å². The average molecular weight is 322 g/mol. The van der Waals surface area contributed by atoms with E-state index in [1.54, 1.807) is 0 Å². The molecule has 122 valence electrons. The number of rotatable bonds is 7. The summed E-state index contributed by atoms with van der Waals surface area (Å²) in [4.78, 5) is 16.0. The number of carbonyl (C=O) groups is 1. The number of hydrogen-bond acceptors (Lipinski definition) is 5. The minimum Gasteiger partial charge on any atom is -0.468 e. The molecule has 0 amide bonds. The maximum Gasteiger partial charge on any atom is 0.319 e. The van der Waals surface area contributed by atoms with E-state index in [2.05, 4.69) is 40.1 Å². The Morgan fingerprint density at radius 3 is 2.64 bits per heavy atom. The van der Waals surface area contributed by atoms with Crippen LogP contribution in [-0.4, -0.2) is 67.9 Å². The lowest BCUT2D eigenvalue weighted by Gasteiger charge is -2.20. The van der Waals surface area contributed by atoms with Crippen LogP contribution >= 0.6 is 11.8 Å². The van der Waals surface area contributed by atoms with Crippen LogP contribution < -0.4 is 0 Å². The summed E-state index contributed by atoms with van der Waals surface area (Å²) >= 11 is 1.99. The molecule has 0 bridgehead atoms. The van der Waals surface area contributed by atoms with Crippen molar-refractivity contribution in [1.82, 2.24) is 9.80 Å². The highest BCUT2D eigenvalue weighted by molar-refractivity contribution is 7.98. The predicted molar refractivity (Wildman–Crippen MR) is 92.1 cm³/mol. The number of ether oxygens (including phenoxy) is 1. The van der Waals surface area contributed by atoms with Gasteiger partial charge < -0.3 is 9.64 Å². The molecular formula is C17H26N2O2S. The molecule has 4 nitrogen and oxygen atoms in total. The minimum absolute atomic E-state index is 0.133. The number of hydrogen-bond donors (Lipinski definition) is 0. The van der Waals surface area contributed by atoms with E-state index in [1.165, 1.54) is 12.7 Å². The Labute approximate surface area is 137 Å². The molecule has 1 fully saturated rings. The van der Waals surface area contributed by atoms with Gasteiger partial charge in [0.1, 0.15) is 0 Å². The van der Waals surface area contributed by atoms with E-state index in [9.17, 15) is 4.79 Å². The zero-order chi connectivity index (χ0) is 15.6. The summed E-state index contributed by atoms with van der Waals surface area (Å²) in [7, 11) is 1.45. The van der Waals surface area contributed by atoms with Crippen molar-refractivity contribution in [3.05, 3.63) is 35.9 Å². The highest BCUT2D eigenvalue weighted by Gasteiger charge is 2.16. The molecule has 1 heterocycles. The smallest absolute Gasteiger partial charge is 0.319 e. The molecule has 0 saturated carbocycles. The highest BCUT2D eigenvalue weighted by Crippen LogP contribution is 2.12. The SMILES string of the molecule is COC(=O)CN1CCCN(CCSCc2ccccc2)CC1. The van der Waals surface area contributed by atoms with E-state index in [0.717, 1.165) is 50.7 Å². The van der Waals surface area contributed by atoms with Crippen molar-refractivity contribution < 1.29 is 9.53 Å². The van der Waals surface area contributed by atoms with Gasteiger partial charge in [-0.1, -0.05) is 30.3 Å².